The molecule has 3 rings (SSSR count). The van der Waals surface area contributed by atoms with Gasteiger partial charge in [0.2, 0.25) is 0 Å². The number of hydrogen-bond donors (Lipinski definition) is 3. The minimum atomic E-state index is 0. The molecule has 6 nitrogen and oxygen atoms in total. The zero-order valence-corrected chi connectivity index (χ0v) is 20.8. The Bertz CT molecular complexity index is 993. The molecule has 0 unspecified atom stereocenters. The second kappa shape index (κ2) is 12.3. The molecule has 0 aliphatic rings. The van der Waals surface area contributed by atoms with E-state index in [0.717, 1.165) is 48.7 Å². The third-order valence-electron chi connectivity index (χ3n) is 5.30. The van der Waals surface area contributed by atoms with Crippen LogP contribution < -0.4 is 10.6 Å². The van der Waals surface area contributed by atoms with Gasteiger partial charge in [-0.25, -0.2) is 0 Å². The van der Waals surface area contributed by atoms with Gasteiger partial charge in [0.15, 0.2) is 5.96 Å². The van der Waals surface area contributed by atoms with Crippen LogP contribution in [-0.2, 0) is 13.0 Å². The molecule has 0 saturated heterocycles. The molecule has 0 saturated carbocycles. The lowest BCUT2D eigenvalue weighted by Gasteiger charge is -2.18. The lowest BCUT2D eigenvalue weighted by Crippen LogP contribution is -2.37. The minimum absolute atomic E-state index is 0. The van der Waals surface area contributed by atoms with Crippen LogP contribution in [0.15, 0.2) is 59.7 Å². The number of guanidine groups is 1. The van der Waals surface area contributed by atoms with Gasteiger partial charge in [-0.15, -0.1) is 24.0 Å². The number of H-pyrrole nitrogens is 1. The summed E-state index contributed by atoms with van der Waals surface area (Å²) in [7, 11) is 1.77. The first-order chi connectivity index (χ1) is 14.7. The van der Waals surface area contributed by atoms with Crippen LogP contribution >= 0.6 is 24.0 Å². The number of rotatable bonds is 8. The van der Waals surface area contributed by atoms with E-state index in [0.29, 0.717) is 6.54 Å². The zero-order valence-electron chi connectivity index (χ0n) is 18.4. The Labute approximate surface area is 201 Å². The number of benzene rings is 2. The van der Waals surface area contributed by atoms with E-state index < -0.39 is 0 Å². The summed E-state index contributed by atoms with van der Waals surface area (Å²) < 4.78 is 0. The molecule has 0 atom stereocenters. The molecule has 0 fully saturated rings. The van der Waals surface area contributed by atoms with E-state index >= 15 is 0 Å². The van der Waals surface area contributed by atoms with Crippen LogP contribution in [0, 0.1) is 0 Å². The Hall–Kier alpha value is -2.55. The number of carbonyl (C=O) groups excluding carboxylic acids is 1. The van der Waals surface area contributed by atoms with Gasteiger partial charge in [-0.1, -0.05) is 30.3 Å². The molecule has 0 bridgehead atoms. The summed E-state index contributed by atoms with van der Waals surface area (Å²) in [5.74, 6) is 0.840. The predicted octanol–water partition coefficient (Wildman–Crippen LogP) is 4.18. The highest BCUT2D eigenvalue weighted by Crippen LogP contribution is 2.17. The fourth-order valence-corrected chi connectivity index (χ4v) is 3.52. The number of fused-ring (bicyclic) bond motifs is 1. The number of nitrogens with zero attached hydrogens (tertiary/aromatic N) is 2. The Morgan fingerprint density at radius 3 is 2.42 bits per heavy atom. The third kappa shape index (κ3) is 6.46. The molecular formula is C24H32IN5O. The second-order valence-electron chi connectivity index (χ2n) is 7.14. The van der Waals surface area contributed by atoms with E-state index in [2.05, 4.69) is 45.0 Å². The van der Waals surface area contributed by atoms with E-state index in [4.69, 9.17) is 0 Å². The van der Waals surface area contributed by atoms with Crippen LogP contribution in [0.2, 0.25) is 0 Å². The molecule has 0 spiro atoms. The number of aromatic amines is 1. The summed E-state index contributed by atoms with van der Waals surface area (Å²) in [5.41, 5.74) is 4.29. The SMILES string of the molecule is CCN(CC)C(=O)c1ccc(CNC(=NC)NCCc2c[nH]c3ccccc23)cc1.I. The van der Waals surface area contributed by atoms with Crippen LogP contribution in [0.3, 0.4) is 0 Å². The summed E-state index contributed by atoms with van der Waals surface area (Å²) in [5, 5.41) is 7.96. The number of aliphatic imine (C=N–C) groups is 1. The van der Waals surface area contributed by atoms with Crippen LogP contribution in [-0.4, -0.2) is 48.4 Å². The van der Waals surface area contributed by atoms with Crippen molar-refractivity contribution in [2.75, 3.05) is 26.7 Å². The molecule has 3 aromatic rings. The standard InChI is InChI=1S/C24H31N5O.HI/c1-4-29(5-2)23(30)19-12-10-18(11-13-19)16-28-24(25-3)26-15-14-20-17-27-22-9-7-6-8-21(20)22;/h6-13,17,27H,4-5,14-16H2,1-3H3,(H2,25,26,28);1H. The summed E-state index contributed by atoms with van der Waals surface area (Å²) in [6.45, 7) is 6.87. The van der Waals surface area contributed by atoms with Crippen LogP contribution in [0.25, 0.3) is 10.9 Å². The average Bonchev–Trinajstić information content (AvgIpc) is 3.20. The number of carbonyl (C=O) groups is 1. The predicted molar refractivity (Wildman–Crippen MR) is 139 cm³/mol. The summed E-state index contributed by atoms with van der Waals surface area (Å²) in [4.78, 5) is 21.8. The van der Waals surface area contributed by atoms with E-state index in [-0.39, 0.29) is 29.9 Å². The summed E-state index contributed by atoms with van der Waals surface area (Å²) in [6, 6.07) is 16.1. The average molecular weight is 533 g/mol. The Balaban J connectivity index is 0.00000341. The Kier molecular flexibility index (Phi) is 9.84. The van der Waals surface area contributed by atoms with Gasteiger partial charge in [0.25, 0.3) is 5.91 Å². The van der Waals surface area contributed by atoms with Gasteiger partial charge in [0.05, 0.1) is 0 Å². The number of para-hydroxylation sites is 1. The highest BCUT2D eigenvalue weighted by Gasteiger charge is 2.12. The van der Waals surface area contributed by atoms with Crippen LogP contribution in [0.4, 0.5) is 0 Å². The zero-order chi connectivity index (χ0) is 21.3. The van der Waals surface area contributed by atoms with E-state index in [1.165, 1.54) is 10.9 Å². The molecular weight excluding hydrogens is 501 g/mol. The number of amides is 1. The quantitative estimate of drug-likeness (QED) is 0.231. The Morgan fingerprint density at radius 2 is 1.74 bits per heavy atom. The molecule has 1 amide bonds. The highest BCUT2D eigenvalue weighted by atomic mass is 127. The van der Waals surface area contributed by atoms with E-state index in [1.807, 2.05) is 49.1 Å². The fourth-order valence-electron chi connectivity index (χ4n) is 3.52. The number of aromatic nitrogens is 1. The molecule has 31 heavy (non-hydrogen) atoms. The van der Waals surface area contributed by atoms with Gasteiger partial charge in [0.1, 0.15) is 0 Å². The molecule has 3 N–H and O–H groups in total. The first kappa shape index (κ1) is 24.7. The molecule has 7 heteroatoms. The van der Waals surface area contributed by atoms with Gasteiger partial charge in [-0.3, -0.25) is 9.79 Å². The van der Waals surface area contributed by atoms with E-state index in [9.17, 15) is 4.79 Å². The molecule has 166 valence electrons. The second-order valence-corrected chi connectivity index (χ2v) is 7.14. The van der Waals surface area contributed by atoms with Crippen molar-refractivity contribution in [1.29, 1.82) is 0 Å². The lowest BCUT2D eigenvalue weighted by atomic mass is 10.1. The van der Waals surface area contributed by atoms with E-state index in [1.54, 1.807) is 7.05 Å². The third-order valence-corrected chi connectivity index (χ3v) is 5.30. The van der Waals surface area contributed by atoms with Crippen molar-refractivity contribution in [3.8, 4) is 0 Å². The fraction of sp³-hybridized carbons (Fsp3) is 0.333. The largest absolute Gasteiger partial charge is 0.361 e. The van der Waals surface area contributed by atoms with Gasteiger partial charge in [-0.2, -0.15) is 0 Å². The molecule has 0 aliphatic heterocycles. The first-order valence-corrected chi connectivity index (χ1v) is 10.5. The van der Waals surface area contributed by atoms with Crippen molar-refractivity contribution in [2.45, 2.75) is 26.8 Å². The summed E-state index contributed by atoms with van der Waals surface area (Å²) in [6.07, 6.45) is 2.98. The normalized spacial score (nSPS) is 11.1. The van der Waals surface area contributed by atoms with Gasteiger partial charge in [-0.05, 0) is 49.6 Å². The minimum Gasteiger partial charge on any atom is -0.361 e. The molecule has 2 aromatic carbocycles. The van der Waals surface area contributed by atoms with Crippen LogP contribution in [0.5, 0.6) is 0 Å². The summed E-state index contributed by atoms with van der Waals surface area (Å²) >= 11 is 0. The first-order valence-electron chi connectivity index (χ1n) is 10.5. The molecule has 0 radical (unpaired) electrons. The van der Waals surface area contributed by atoms with Gasteiger partial charge < -0.3 is 20.5 Å². The maximum atomic E-state index is 12.4. The maximum absolute atomic E-state index is 12.4. The van der Waals surface area contributed by atoms with Crippen molar-refractivity contribution < 1.29 is 4.79 Å². The monoisotopic (exact) mass is 533 g/mol. The van der Waals surface area contributed by atoms with Crippen molar-refractivity contribution in [2.24, 2.45) is 4.99 Å². The van der Waals surface area contributed by atoms with Crippen molar-refractivity contribution >= 4 is 46.7 Å². The lowest BCUT2D eigenvalue weighted by molar-refractivity contribution is 0.0773. The van der Waals surface area contributed by atoms with Crippen molar-refractivity contribution in [1.82, 2.24) is 20.5 Å². The number of halogens is 1. The van der Waals surface area contributed by atoms with Crippen LogP contribution in [0.1, 0.15) is 35.3 Å². The molecule has 0 aliphatic carbocycles. The number of hydrogen-bond acceptors (Lipinski definition) is 2. The molecule has 1 aromatic heterocycles. The maximum Gasteiger partial charge on any atom is 0.253 e. The highest BCUT2D eigenvalue weighted by molar-refractivity contribution is 14.0. The van der Waals surface area contributed by atoms with Crippen molar-refractivity contribution in [3.05, 3.63) is 71.4 Å². The number of nitrogens with one attached hydrogen (secondary N) is 3. The smallest absolute Gasteiger partial charge is 0.253 e. The van der Waals surface area contributed by atoms with Gasteiger partial charge in [0, 0.05) is 55.9 Å². The molecule has 1 heterocycles. The topological polar surface area (TPSA) is 72.5 Å². The Morgan fingerprint density at radius 1 is 1.03 bits per heavy atom. The van der Waals surface area contributed by atoms with Gasteiger partial charge >= 0.3 is 0 Å². The van der Waals surface area contributed by atoms with Crippen molar-refractivity contribution in [3.63, 3.8) is 0 Å².